The van der Waals surface area contributed by atoms with Crippen molar-refractivity contribution in [2.24, 2.45) is 0 Å². The van der Waals surface area contributed by atoms with Gasteiger partial charge in [-0.2, -0.15) is 0 Å². The standard InChI is InChI=1S/C16H16/c1-3-9-13-14(10-4-2)16-12-8-6-5-7-11-15(13)16/h3-4,7-12H,1-2,5-6H2/b11-7-,12-8?,13-9?,14-10?. The van der Waals surface area contributed by atoms with Crippen LogP contribution < -0.4 is 0 Å². The highest BCUT2D eigenvalue weighted by Gasteiger charge is 2.24. The summed E-state index contributed by atoms with van der Waals surface area (Å²) in [4.78, 5) is 0. The Labute approximate surface area is 97.4 Å². The van der Waals surface area contributed by atoms with Crippen molar-refractivity contribution in [1.29, 1.82) is 0 Å². The minimum Gasteiger partial charge on any atom is -0.0990 e. The SMILES string of the molecule is C=CC=C1C(=CC=C)C2=C1C=CCC/C=C\2. The van der Waals surface area contributed by atoms with Gasteiger partial charge in [-0.15, -0.1) is 0 Å². The molecule has 2 aliphatic rings. The maximum absolute atomic E-state index is 3.76. The van der Waals surface area contributed by atoms with Crippen LogP contribution in [0.1, 0.15) is 12.8 Å². The van der Waals surface area contributed by atoms with Crippen molar-refractivity contribution in [3.63, 3.8) is 0 Å². The Bertz CT molecular complexity index is 418. The fraction of sp³-hybridized carbons (Fsp3) is 0.125. The highest BCUT2D eigenvalue weighted by atomic mass is 14.3. The van der Waals surface area contributed by atoms with E-state index in [0.29, 0.717) is 0 Å². The van der Waals surface area contributed by atoms with Crippen molar-refractivity contribution in [3.8, 4) is 0 Å². The smallest absolute Gasteiger partial charge is 0.00993 e. The normalized spacial score (nSPS) is 25.8. The van der Waals surface area contributed by atoms with Crippen molar-refractivity contribution >= 4 is 0 Å². The van der Waals surface area contributed by atoms with Crippen LogP contribution in [0.3, 0.4) is 0 Å². The Morgan fingerprint density at radius 3 is 1.62 bits per heavy atom. The lowest BCUT2D eigenvalue weighted by atomic mass is 9.76. The van der Waals surface area contributed by atoms with Crippen LogP contribution in [-0.2, 0) is 0 Å². The molecule has 2 rings (SSSR count). The fourth-order valence-electron chi connectivity index (χ4n) is 2.07. The van der Waals surface area contributed by atoms with Crippen LogP contribution in [0.25, 0.3) is 0 Å². The first-order valence-corrected chi connectivity index (χ1v) is 5.62. The van der Waals surface area contributed by atoms with Crippen LogP contribution in [0, 0.1) is 0 Å². The molecule has 0 aromatic carbocycles. The average Bonchev–Trinajstić information content (AvgIpc) is 2.26. The van der Waals surface area contributed by atoms with Crippen LogP contribution in [0.5, 0.6) is 0 Å². The zero-order valence-electron chi connectivity index (χ0n) is 9.45. The first-order valence-electron chi connectivity index (χ1n) is 5.62. The molecule has 2 aliphatic carbocycles. The van der Waals surface area contributed by atoms with Crippen molar-refractivity contribution in [2.45, 2.75) is 12.8 Å². The molecular weight excluding hydrogens is 192 g/mol. The van der Waals surface area contributed by atoms with Crippen molar-refractivity contribution in [3.05, 3.63) is 84.1 Å². The summed E-state index contributed by atoms with van der Waals surface area (Å²) in [6, 6.07) is 0. The molecule has 80 valence electrons. The maximum Gasteiger partial charge on any atom is -0.00993 e. The van der Waals surface area contributed by atoms with Gasteiger partial charge in [0.1, 0.15) is 0 Å². The molecule has 0 aliphatic heterocycles. The third-order valence-corrected chi connectivity index (χ3v) is 2.80. The lowest BCUT2D eigenvalue weighted by Crippen LogP contribution is -2.10. The van der Waals surface area contributed by atoms with Crippen LogP contribution in [0.15, 0.2) is 84.1 Å². The minimum atomic E-state index is 1.12. The quantitative estimate of drug-likeness (QED) is 0.630. The first-order chi connectivity index (χ1) is 7.88. The van der Waals surface area contributed by atoms with E-state index in [9.17, 15) is 0 Å². The summed E-state index contributed by atoms with van der Waals surface area (Å²) in [6.45, 7) is 7.53. The summed E-state index contributed by atoms with van der Waals surface area (Å²) < 4.78 is 0. The van der Waals surface area contributed by atoms with Crippen LogP contribution in [0.4, 0.5) is 0 Å². The second-order valence-corrected chi connectivity index (χ2v) is 3.84. The van der Waals surface area contributed by atoms with E-state index in [-0.39, 0.29) is 0 Å². The fourth-order valence-corrected chi connectivity index (χ4v) is 2.07. The van der Waals surface area contributed by atoms with Gasteiger partial charge in [-0.3, -0.25) is 0 Å². The van der Waals surface area contributed by atoms with Gasteiger partial charge in [-0.05, 0) is 35.1 Å². The molecule has 0 spiro atoms. The largest absolute Gasteiger partial charge is 0.0990 e. The molecule has 0 unspecified atom stereocenters. The van der Waals surface area contributed by atoms with Gasteiger partial charge in [0.25, 0.3) is 0 Å². The highest BCUT2D eigenvalue weighted by molar-refractivity contribution is 5.77. The van der Waals surface area contributed by atoms with Gasteiger partial charge >= 0.3 is 0 Å². The third-order valence-electron chi connectivity index (χ3n) is 2.80. The zero-order chi connectivity index (χ0) is 11.4. The van der Waals surface area contributed by atoms with E-state index in [4.69, 9.17) is 0 Å². The van der Waals surface area contributed by atoms with E-state index in [1.165, 1.54) is 22.3 Å². The van der Waals surface area contributed by atoms with E-state index in [0.717, 1.165) is 12.8 Å². The molecule has 0 heterocycles. The number of hydrogen-bond donors (Lipinski definition) is 0. The third kappa shape index (κ3) is 1.79. The van der Waals surface area contributed by atoms with Gasteiger partial charge in [0, 0.05) is 0 Å². The molecule has 0 bridgehead atoms. The molecule has 0 saturated carbocycles. The summed E-state index contributed by atoms with van der Waals surface area (Å²) in [5.74, 6) is 0. The number of rotatable bonds is 2. The van der Waals surface area contributed by atoms with Gasteiger partial charge in [-0.25, -0.2) is 0 Å². The zero-order valence-corrected chi connectivity index (χ0v) is 9.45. The molecule has 0 heteroatoms. The molecule has 0 N–H and O–H groups in total. The van der Waals surface area contributed by atoms with Crippen LogP contribution in [0.2, 0.25) is 0 Å². The summed E-state index contributed by atoms with van der Waals surface area (Å²) in [6.07, 6.45) is 19.0. The molecule has 16 heavy (non-hydrogen) atoms. The lowest BCUT2D eigenvalue weighted by molar-refractivity contribution is 1.03. The maximum atomic E-state index is 3.76. The van der Waals surface area contributed by atoms with E-state index in [1.807, 2.05) is 12.2 Å². The number of allylic oxidation sites excluding steroid dienone is 12. The predicted octanol–water partition coefficient (Wildman–Crippen LogP) is 4.43. The molecule has 0 radical (unpaired) electrons. The summed E-state index contributed by atoms with van der Waals surface area (Å²) in [7, 11) is 0. The molecule has 0 saturated heterocycles. The molecular formula is C16H16. The Hall–Kier alpha value is -1.82. The summed E-state index contributed by atoms with van der Waals surface area (Å²) >= 11 is 0. The Morgan fingerprint density at radius 1 is 0.812 bits per heavy atom. The molecule has 0 amide bonds. The first kappa shape index (κ1) is 10.7. The van der Waals surface area contributed by atoms with Crippen LogP contribution >= 0.6 is 0 Å². The minimum absolute atomic E-state index is 1.12. The average molecular weight is 208 g/mol. The lowest BCUT2D eigenvalue weighted by Gasteiger charge is -2.28. The molecule has 0 aromatic rings. The summed E-state index contributed by atoms with van der Waals surface area (Å²) in [5.41, 5.74) is 5.19. The van der Waals surface area contributed by atoms with Gasteiger partial charge in [0.05, 0.1) is 0 Å². The molecule has 0 fully saturated rings. The summed E-state index contributed by atoms with van der Waals surface area (Å²) in [5, 5.41) is 0. The second kappa shape index (κ2) is 4.80. The molecule has 0 nitrogen and oxygen atoms in total. The Morgan fingerprint density at radius 2 is 1.25 bits per heavy atom. The molecule has 0 aromatic heterocycles. The van der Waals surface area contributed by atoms with E-state index < -0.39 is 0 Å². The van der Waals surface area contributed by atoms with E-state index in [1.54, 1.807) is 0 Å². The van der Waals surface area contributed by atoms with Crippen molar-refractivity contribution in [2.75, 3.05) is 0 Å². The Kier molecular flexibility index (Phi) is 3.21. The van der Waals surface area contributed by atoms with Gasteiger partial charge in [-0.1, -0.05) is 61.8 Å². The van der Waals surface area contributed by atoms with E-state index >= 15 is 0 Å². The number of hydrogen-bond acceptors (Lipinski definition) is 0. The predicted molar refractivity (Wildman–Crippen MR) is 71.1 cm³/mol. The molecule has 0 atom stereocenters. The van der Waals surface area contributed by atoms with Gasteiger partial charge in [0.15, 0.2) is 0 Å². The Balaban J connectivity index is 2.51. The van der Waals surface area contributed by atoms with E-state index in [2.05, 4.69) is 49.6 Å². The van der Waals surface area contributed by atoms with Crippen molar-refractivity contribution in [1.82, 2.24) is 0 Å². The highest BCUT2D eigenvalue weighted by Crippen LogP contribution is 2.42. The van der Waals surface area contributed by atoms with Gasteiger partial charge in [0.2, 0.25) is 0 Å². The monoisotopic (exact) mass is 208 g/mol. The second-order valence-electron chi connectivity index (χ2n) is 3.84. The van der Waals surface area contributed by atoms with Crippen LogP contribution in [-0.4, -0.2) is 0 Å². The topological polar surface area (TPSA) is 0 Å². The van der Waals surface area contributed by atoms with Crippen molar-refractivity contribution < 1.29 is 0 Å². The van der Waals surface area contributed by atoms with Gasteiger partial charge < -0.3 is 0 Å².